The first-order valence-corrected chi connectivity index (χ1v) is 9.57. The van der Waals surface area contributed by atoms with Gasteiger partial charge < -0.3 is 14.2 Å². The zero-order chi connectivity index (χ0) is 17.5. The van der Waals surface area contributed by atoms with Gasteiger partial charge in [-0.05, 0) is 25.0 Å². The van der Waals surface area contributed by atoms with E-state index < -0.39 is 0 Å². The van der Waals surface area contributed by atoms with Crippen molar-refractivity contribution in [3.8, 4) is 0 Å². The normalized spacial score (nSPS) is 15.5. The number of pyridine rings is 1. The van der Waals surface area contributed by atoms with Crippen LogP contribution in [-0.2, 0) is 16.1 Å². The van der Waals surface area contributed by atoms with Crippen molar-refractivity contribution in [1.82, 2.24) is 19.4 Å². The van der Waals surface area contributed by atoms with E-state index >= 15 is 0 Å². The molecule has 3 rings (SSSR count). The first-order valence-electron chi connectivity index (χ1n) is 8.58. The van der Waals surface area contributed by atoms with Gasteiger partial charge in [-0.15, -0.1) is 11.8 Å². The molecular formula is C18H24N4O2S. The number of amides is 1. The minimum Gasteiger partial charge on any atom is -0.383 e. The molecule has 0 saturated carbocycles. The number of aromatic nitrogens is 3. The van der Waals surface area contributed by atoms with Crippen LogP contribution in [0.2, 0.25) is 0 Å². The van der Waals surface area contributed by atoms with Gasteiger partial charge in [-0.1, -0.05) is 0 Å². The van der Waals surface area contributed by atoms with Gasteiger partial charge in [0.1, 0.15) is 5.82 Å². The van der Waals surface area contributed by atoms with Gasteiger partial charge in [-0.2, -0.15) is 0 Å². The number of likely N-dealkylation sites (tertiary alicyclic amines) is 1. The quantitative estimate of drug-likeness (QED) is 0.710. The molecule has 1 fully saturated rings. The van der Waals surface area contributed by atoms with Crippen LogP contribution in [0.3, 0.4) is 0 Å². The Bertz CT molecular complexity index is 669. The number of nitrogens with zero attached hydrogens (tertiary/aromatic N) is 4. The molecule has 0 spiro atoms. The molecule has 3 heterocycles. The van der Waals surface area contributed by atoms with Crippen LogP contribution in [0.25, 0.3) is 0 Å². The Hall–Kier alpha value is -1.86. The molecule has 25 heavy (non-hydrogen) atoms. The zero-order valence-corrected chi connectivity index (χ0v) is 15.3. The summed E-state index contributed by atoms with van der Waals surface area (Å²) in [7, 11) is 1.71. The summed E-state index contributed by atoms with van der Waals surface area (Å²) in [5.74, 6) is 2.24. The SMILES string of the molecule is COCCn1ccnc1C1CCN(C(=O)CSc2ccncc2)CC1. The molecule has 1 aliphatic rings. The second-order valence-corrected chi connectivity index (χ2v) is 7.15. The number of ether oxygens (including phenoxy) is 1. The number of thioether (sulfide) groups is 1. The van der Waals surface area contributed by atoms with E-state index in [4.69, 9.17) is 4.74 Å². The maximum absolute atomic E-state index is 12.4. The lowest BCUT2D eigenvalue weighted by molar-refractivity contribution is -0.129. The van der Waals surface area contributed by atoms with Crippen molar-refractivity contribution in [1.29, 1.82) is 0 Å². The van der Waals surface area contributed by atoms with Crippen molar-refractivity contribution in [2.24, 2.45) is 0 Å². The minimum absolute atomic E-state index is 0.211. The molecule has 0 aliphatic carbocycles. The van der Waals surface area contributed by atoms with E-state index in [1.54, 1.807) is 31.3 Å². The van der Waals surface area contributed by atoms with Gasteiger partial charge in [0, 0.05) is 62.3 Å². The minimum atomic E-state index is 0.211. The number of hydrogen-bond donors (Lipinski definition) is 0. The van der Waals surface area contributed by atoms with Crippen LogP contribution in [0.5, 0.6) is 0 Å². The molecule has 2 aromatic heterocycles. The molecule has 6 nitrogen and oxygen atoms in total. The standard InChI is InChI=1S/C18H24N4O2S/c1-24-13-12-22-11-8-20-18(22)15-4-9-21(10-5-15)17(23)14-25-16-2-6-19-7-3-16/h2-3,6-8,11,15H,4-5,9-10,12-14H2,1H3. The van der Waals surface area contributed by atoms with Gasteiger partial charge >= 0.3 is 0 Å². The van der Waals surface area contributed by atoms with E-state index in [-0.39, 0.29) is 5.91 Å². The van der Waals surface area contributed by atoms with Crippen LogP contribution in [0, 0.1) is 0 Å². The number of rotatable bonds is 7. The average molecular weight is 360 g/mol. The second kappa shape index (κ2) is 9.01. The number of hydrogen-bond acceptors (Lipinski definition) is 5. The predicted octanol–water partition coefficient (Wildman–Crippen LogP) is 2.42. The van der Waals surface area contributed by atoms with E-state index in [1.807, 2.05) is 29.4 Å². The highest BCUT2D eigenvalue weighted by molar-refractivity contribution is 8.00. The summed E-state index contributed by atoms with van der Waals surface area (Å²) < 4.78 is 7.33. The monoisotopic (exact) mass is 360 g/mol. The first-order chi connectivity index (χ1) is 12.3. The topological polar surface area (TPSA) is 60.2 Å². The summed E-state index contributed by atoms with van der Waals surface area (Å²) in [5.41, 5.74) is 0. The summed E-state index contributed by atoms with van der Waals surface area (Å²) in [6.07, 6.45) is 9.31. The third-order valence-corrected chi connectivity index (χ3v) is 5.51. The van der Waals surface area contributed by atoms with Gasteiger partial charge in [-0.3, -0.25) is 9.78 Å². The molecule has 0 unspecified atom stereocenters. The van der Waals surface area contributed by atoms with E-state index in [2.05, 4.69) is 14.5 Å². The van der Waals surface area contributed by atoms with Crippen LogP contribution in [0.1, 0.15) is 24.6 Å². The summed E-state index contributed by atoms with van der Waals surface area (Å²) in [6.45, 7) is 3.12. The Balaban J connectivity index is 1.48. The molecule has 7 heteroatoms. The van der Waals surface area contributed by atoms with Crippen LogP contribution in [-0.4, -0.2) is 57.9 Å². The van der Waals surface area contributed by atoms with Crippen molar-refractivity contribution < 1.29 is 9.53 Å². The lowest BCUT2D eigenvalue weighted by Crippen LogP contribution is -2.39. The highest BCUT2D eigenvalue weighted by Crippen LogP contribution is 2.27. The van der Waals surface area contributed by atoms with Crippen LogP contribution in [0.4, 0.5) is 0 Å². The maximum Gasteiger partial charge on any atom is 0.232 e. The fraction of sp³-hybridized carbons (Fsp3) is 0.500. The number of piperidine rings is 1. The number of imidazole rings is 1. The molecule has 0 radical (unpaired) electrons. The molecule has 134 valence electrons. The molecule has 1 aliphatic heterocycles. The molecule has 0 aromatic carbocycles. The van der Waals surface area contributed by atoms with E-state index in [9.17, 15) is 4.79 Å². The zero-order valence-electron chi connectivity index (χ0n) is 14.5. The lowest BCUT2D eigenvalue weighted by Gasteiger charge is -2.32. The molecule has 0 atom stereocenters. The van der Waals surface area contributed by atoms with E-state index in [0.717, 1.165) is 43.2 Å². The smallest absolute Gasteiger partial charge is 0.232 e. The highest BCUT2D eigenvalue weighted by atomic mass is 32.2. The van der Waals surface area contributed by atoms with Gasteiger partial charge in [0.2, 0.25) is 5.91 Å². The van der Waals surface area contributed by atoms with Gasteiger partial charge in [-0.25, -0.2) is 4.98 Å². The summed E-state index contributed by atoms with van der Waals surface area (Å²) >= 11 is 1.57. The number of methoxy groups -OCH3 is 1. The lowest BCUT2D eigenvalue weighted by atomic mass is 9.96. The Kier molecular flexibility index (Phi) is 6.47. The van der Waals surface area contributed by atoms with E-state index in [0.29, 0.717) is 18.3 Å². The van der Waals surface area contributed by atoms with Gasteiger partial charge in [0.15, 0.2) is 0 Å². The Morgan fingerprint density at radius 2 is 2.04 bits per heavy atom. The summed E-state index contributed by atoms with van der Waals surface area (Å²) in [4.78, 5) is 24.0. The van der Waals surface area contributed by atoms with Gasteiger partial charge in [0.05, 0.1) is 12.4 Å². The Morgan fingerprint density at radius 3 is 2.76 bits per heavy atom. The fourth-order valence-corrected chi connectivity index (χ4v) is 3.90. The molecular weight excluding hydrogens is 336 g/mol. The van der Waals surface area contributed by atoms with Crippen molar-refractivity contribution in [3.63, 3.8) is 0 Å². The van der Waals surface area contributed by atoms with Crippen LogP contribution in [0.15, 0.2) is 41.8 Å². The Morgan fingerprint density at radius 1 is 1.28 bits per heavy atom. The maximum atomic E-state index is 12.4. The molecule has 0 N–H and O–H groups in total. The molecule has 0 bridgehead atoms. The predicted molar refractivity (Wildman–Crippen MR) is 97.6 cm³/mol. The average Bonchev–Trinajstić information content (AvgIpc) is 3.14. The van der Waals surface area contributed by atoms with Crippen molar-refractivity contribution >= 4 is 17.7 Å². The second-order valence-electron chi connectivity index (χ2n) is 6.10. The van der Waals surface area contributed by atoms with Crippen molar-refractivity contribution in [3.05, 3.63) is 42.7 Å². The number of carbonyl (C=O) groups excluding carboxylic acids is 1. The number of carbonyl (C=O) groups is 1. The molecule has 1 saturated heterocycles. The highest BCUT2D eigenvalue weighted by Gasteiger charge is 2.26. The third kappa shape index (κ3) is 4.83. The third-order valence-electron chi connectivity index (χ3n) is 4.51. The molecule has 1 amide bonds. The summed E-state index contributed by atoms with van der Waals surface area (Å²) in [5, 5.41) is 0. The summed E-state index contributed by atoms with van der Waals surface area (Å²) in [6, 6.07) is 3.87. The largest absolute Gasteiger partial charge is 0.383 e. The van der Waals surface area contributed by atoms with Crippen LogP contribution < -0.4 is 0 Å². The van der Waals surface area contributed by atoms with E-state index in [1.165, 1.54) is 0 Å². The van der Waals surface area contributed by atoms with Crippen molar-refractivity contribution in [2.45, 2.75) is 30.2 Å². The van der Waals surface area contributed by atoms with Crippen LogP contribution >= 0.6 is 11.8 Å². The van der Waals surface area contributed by atoms with Crippen molar-refractivity contribution in [2.75, 3.05) is 32.6 Å². The molecule has 2 aromatic rings. The Labute approximate surface area is 152 Å². The fourth-order valence-electron chi connectivity index (χ4n) is 3.12. The first kappa shape index (κ1) is 17.9. The van der Waals surface area contributed by atoms with Gasteiger partial charge in [0.25, 0.3) is 0 Å².